The van der Waals surface area contributed by atoms with Crippen molar-refractivity contribution < 1.29 is 9.90 Å². The molecule has 0 aliphatic rings. The Balaban J connectivity index is 3.82. The Labute approximate surface area is 85.4 Å². The Kier molecular flexibility index (Phi) is 6.62. The lowest BCUT2D eigenvalue weighted by Gasteiger charge is -2.15. The third-order valence-electron chi connectivity index (χ3n) is 1.80. The van der Waals surface area contributed by atoms with Gasteiger partial charge in [0, 0.05) is 18.9 Å². The number of rotatable bonds is 7. The maximum absolute atomic E-state index is 10.7. The van der Waals surface area contributed by atoms with Crippen LogP contribution in [0.5, 0.6) is 0 Å². The zero-order valence-electron chi connectivity index (χ0n) is 9.08. The minimum atomic E-state index is -0.819. The van der Waals surface area contributed by atoms with E-state index in [0.29, 0.717) is 0 Å². The molecule has 0 amide bonds. The number of hydrogen-bond acceptors (Lipinski definition) is 3. The average Bonchev–Trinajstić information content (AvgIpc) is 2.09. The van der Waals surface area contributed by atoms with E-state index in [-0.39, 0.29) is 5.92 Å². The first kappa shape index (κ1) is 12.8. The van der Waals surface area contributed by atoms with E-state index in [1.54, 1.807) is 12.4 Å². The first-order valence-electron chi connectivity index (χ1n) is 4.96. The van der Waals surface area contributed by atoms with E-state index >= 15 is 0 Å². The fourth-order valence-corrected chi connectivity index (χ4v) is 0.987. The first-order valence-corrected chi connectivity index (χ1v) is 4.96. The molecule has 0 spiro atoms. The van der Waals surface area contributed by atoms with Crippen molar-refractivity contribution in [3.8, 4) is 0 Å². The van der Waals surface area contributed by atoms with E-state index in [2.05, 4.69) is 17.6 Å². The van der Waals surface area contributed by atoms with Gasteiger partial charge in [0.1, 0.15) is 6.04 Å². The topological polar surface area (TPSA) is 61.4 Å². The maximum atomic E-state index is 10.7. The molecular formula is C10H20N2O2. The van der Waals surface area contributed by atoms with Crippen LogP contribution in [-0.4, -0.2) is 23.7 Å². The highest BCUT2D eigenvalue weighted by atomic mass is 16.4. The van der Waals surface area contributed by atoms with Crippen LogP contribution in [0.15, 0.2) is 12.4 Å². The van der Waals surface area contributed by atoms with E-state index in [4.69, 9.17) is 5.11 Å². The monoisotopic (exact) mass is 200 g/mol. The van der Waals surface area contributed by atoms with Crippen molar-refractivity contribution in [2.75, 3.05) is 6.54 Å². The van der Waals surface area contributed by atoms with Crippen LogP contribution in [-0.2, 0) is 4.79 Å². The number of carboxylic acid groups (broad SMARTS) is 1. The van der Waals surface area contributed by atoms with Gasteiger partial charge in [-0.2, -0.15) is 0 Å². The average molecular weight is 200 g/mol. The third-order valence-corrected chi connectivity index (χ3v) is 1.80. The predicted molar refractivity (Wildman–Crippen MR) is 56.8 cm³/mol. The van der Waals surface area contributed by atoms with Crippen LogP contribution in [0, 0.1) is 5.92 Å². The van der Waals surface area contributed by atoms with Crippen molar-refractivity contribution in [2.24, 2.45) is 5.92 Å². The number of nitrogens with one attached hydrogen (secondary N) is 2. The summed E-state index contributed by atoms with van der Waals surface area (Å²) in [5.41, 5.74) is 0. The Hall–Kier alpha value is -1.19. The molecule has 4 heteroatoms. The van der Waals surface area contributed by atoms with E-state index < -0.39 is 12.0 Å². The normalized spacial score (nSPS) is 13.1. The van der Waals surface area contributed by atoms with Gasteiger partial charge in [-0.3, -0.25) is 0 Å². The van der Waals surface area contributed by atoms with Crippen LogP contribution in [0.25, 0.3) is 0 Å². The summed E-state index contributed by atoms with van der Waals surface area (Å²) in [5.74, 6) is -0.747. The molecule has 0 aromatic heterocycles. The molecule has 0 saturated carbocycles. The Morgan fingerprint density at radius 3 is 2.50 bits per heavy atom. The molecule has 0 aliphatic heterocycles. The van der Waals surface area contributed by atoms with Gasteiger partial charge in [0.05, 0.1) is 0 Å². The predicted octanol–water partition coefficient (Wildman–Crippen LogP) is 1.16. The quantitative estimate of drug-likeness (QED) is 0.540. The van der Waals surface area contributed by atoms with E-state index in [0.717, 1.165) is 13.0 Å². The lowest BCUT2D eigenvalue weighted by Crippen LogP contribution is -2.38. The summed E-state index contributed by atoms with van der Waals surface area (Å²) in [6, 6.07) is -0.519. The second-order valence-electron chi connectivity index (χ2n) is 3.51. The molecule has 0 aromatic carbocycles. The van der Waals surface area contributed by atoms with Crippen molar-refractivity contribution in [1.29, 1.82) is 0 Å². The van der Waals surface area contributed by atoms with Gasteiger partial charge in [0.25, 0.3) is 0 Å². The number of aliphatic carboxylic acids is 1. The molecule has 14 heavy (non-hydrogen) atoms. The Morgan fingerprint density at radius 2 is 2.07 bits per heavy atom. The van der Waals surface area contributed by atoms with E-state index in [1.165, 1.54) is 0 Å². The van der Waals surface area contributed by atoms with Gasteiger partial charge < -0.3 is 15.7 Å². The highest BCUT2D eigenvalue weighted by Gasteiger charge is 2.18. The fourth-order valence-electron chi connectivity index (χ4n) is 0.987. The van der Waals surface area contributed by atoms with Gasteiger partial charge in [-0.25, -0.2) is 4.79 Å². The van der Waals surface area contributed by atoms with Crippen LogP contribution in [0.4, 0.5) is 0 Å². The molecule has 0 fully saturated rings. The van der Waals surface area contributed by atoms with E-state index in [9.17, 15) is 4.79 Å². The van der Waals surface area contributed by atoms with Crippen molar-refractivity contribution >= 4 is 5.97 Å². The molecule has 0 aromatic rings. The van der Waals surface area contributed by atoms with Crippen LogP contribution in [0.3, 0.4) is 0 Å². The summed E-state index contributed by atoms with van der Waals surface area (Å²) in [7, 11) is 0. The highest BCUT2D eigenvalue weighted by Crippen LogP contribution is 2.00. The zero-order chi connectivity index (χ0) is 11.0. The van der Waals surface area contributed by atoms with Gasteiger partial charge >= 0.3 is 5.97 Å². The second kappa shape index (κ2) is 7.24. The van der Waals surface area contributed by atoms with Gasteiger partial charge in [0.15, 0.2) is 0 Å². The molecule has 0 aliphatic carbocycles. The summed E-state index contributed by atoms with van der Waals surface area (Å²) in [5, 5.41) is 14.7. The largest absolute Gasteiger partial charge is 0.480 e. The standard InChI is InChI=1S/C10H20N2O2/c1-4-5-11-6-7-12-9(8(2)3)10(13)14/h6-9,11-12H,4-5H2,1-3H3,(H,13,14)/b7-6+. The molecule has 0 saturated heterocycles. The summed E-state index contributed by atoms with van der Waals surface area (Å²) in [6.07, 6.45) is 4.44. The lowest BCUT2D eigenvalue weighted by molar-refractivity contribution is -0.140. The Bertz CT molecular complexity index is 191. The number of hydrogen-bond donors (Lipinski definition) is 3. The van der Waals surface area contributed by atoms with Crippen molar-refractivity contribution in [3.05, 3.63) is 12.4 Å². The van der Waals surface area contributed by atoms with Gasteiger partial charge in [-0.05, 0) is 12.3 Å². The van der Waals surface area contributed by atoms with Crippen LogP contribution >= 0.6 is 0 Å². The maximum Gasteiger partial charge on any atom is 0.326 e. The van der Waals surface area contributed by atoms with E-state index in [1.807, 2.05) is 13.8 Å². The highest BCUT2D eigenvalue weighted by molar-refractivity contribution is 5.73. The van der Waals surface area contributed by atoms with Gasteiger partial charge in [-0.15, -0.1) is 0 Å². The summed E-state index contributed by atoms with van der Waals surface area (Å²) >= 11 is 0. The molecule has 1 unspecified atom stereocenters. The van der Waals surface area contributed by atoms with Crippen LogP contribution < -0.4 is 10.6 Å². The van der Waals surface area contributed by atoms with Crippen molar-refractivity contribution in [3.63, 3.8) is 0 Å². The Morgan fingerprint density at radius 1 is 1.43 bits per heavy atom. The number of carboxylic acids is 1. The number of carbonyl (C=O) groups is 1. The minimum Gasteiger partial charge on any atom is -0.480 e. The molecule has 82 valence electrons. The fraction of sp³-hybridized carbons (Fsp3) is 0.700. The molecule has 1 atom stereocenters. The lowest BCUT2D eigenvalue weighted by atomic mass is 10.1. The minimum absolute atomic E-state index is 0.0725. The first-order chi connectivity index (χ1) is 6.59. The van der Waals surface area contributed by atoms with Crippen molar-refractivity contribution in [1.82, 2.24) is 10.6 Å². The van der Waals surface area contributed by atoms with Crippen molar-refractivity contribution in [2.45, 2.75) is 33.2 Å². The molecule has 0 bridgehead atoms. The molecule has 4 nitrogen and oxygen atoms in total. The van der Waals surface area contributed by atoms with Crippen LogP contribution in [0.2, 0.25) is 0 Å². The third kappa shape index (κ3) is 5.45. The van der Waals surface area contributed by atoms with Gasteiger partial charge in [-0.1, -0.05) is 20.8 Å². The van der Waals surface area contributed by atoms with Gasteiger partial charge in [0.2, 0.25) is 0 Å². The summed E-state index contributed by atoms with van der Waals surface area (Å²) in [6.45, 7) is 6.72. The molecule has 0 heterocycles. The van der Waals surface area contributed by atoms with Crippen LogP contribution in [0.1, 0.15) is 27.2 Å². The summed E-state index contributed by atoms with van der Waals surface area (Å²) < 4.78 is 0. The molecule has 0 radical (unpaired) electrons. The molecular weight excluding hydrogens is 180 g/mol. The zero-order valence-corrected chi connectivity index (χ0v) is 9.08. The summed E-state index contributed by atoms with van der Waals surface area (Å²) in [4.78, 5) is 10.7. The smallest absolute Gasteiger partial charge is 0.326 e. The molecule has 0 rings (SSSR count). The SMILES string of the molecule is CCCN/C=C/NC(C(=O)O)C(C)C. The second-order valence-corrected chi connectivity index (χ2v) is 3.51. The molecule has 3 N–H and O–H groups in total.